The lowest BCUT2D eigenvalue weighted by molar-refractivity contribution is -0.127. The number of nitrogens with zero attached hydrogens (tertiary/aromatic N) is 7. The number of aromatic amines is 1. The summed E-state index contributed by atoms with van der Waals surface area (Å²) in [5.74, 6) is -0.120. The summed E-state index contributed by atoms with van der Waals surface area (Å²) in [5, 5.41) is 10.1. The Hall–Kier alpha value is -4.60. The highest BCUT2D eigenvalue weighted by molar-refractivity contribution is 5.94. The molecule has 3 aromatic heterocycles. The topological polar surface area (TPSA) is 134 Å². The van der Waals surface area contributed by atoms with E-state index in [0.717, 1.165) is 32.0 Å². The van der Waals surface area contributed by atoms with E-state index in [9.17, 15) is 14.0 Å². The van der Waals surface area contributed by atoms with Crippen LogP contribution in [0.5, 0.6) is 5.88 Å². The van der Waals surface area contributed by atoms with Crippen molar-refractivity contribution in [3.63, 3.8) is 0 Å². The van der Waals surface area contributed by atoms with Gasteiger partial charge in [-0.3, -0.25) is 14.7 Å². The van der Waals surface area contributed by atoms with Gasteiger partial charge in [0.1, 0.15) is 5.69 Å². The Morgan fingerprint density at radius 2 is 1.98 bits per heavy atom. The number of H-pyrrole nitrogens is 1. The van der Waals surface area contributed by atoms with Crippen LogP contribution in [0, 0.1) is 18.3 Å². The molecule has 40 heavy (non-hydrogen) atoms. The SMILES string of the molecule is [C-]#[N+]c1cnc(N2CC[C@H](NC(=O)[C@H]3CCN(C(=O)c4cc(-c5cc(OC)ncc5F)n[nH]4)C4(CC4)C3)C2)nc1. The Morgan fingerprint density at radius 1 is 1.18 bits per heavy atom. The largest absolute Gasteiger partial charge is 0.481 e. The molecule has 2 aliphatic heterocycles. The molecule has 2 atom stereocenters. The Kier molecular flexibility index (Phi) is 6.53. The van der Waals surface area contributed by atoms with E-state index < -0.39 is 5.82 Å². The highest BCUT2D eigenvalue weighted by atomic mass is 19.1. The molecule has 206 valence electrons. The van der Waals surface area contributed by atoms with Gasteiger partial charge < -0.3 is 19.9 Å². The first-order chi connectivity index (χ1) is 19.4. The first-order valence-corrected chi connectivity index (χ1v) is 13.2. The van der Waals surface area contributed by atoms with Crippen LogP contribution in [0.2, 0.25) is 0 Å². The van der Waals surface area contributed by atoms with E-state index >= 15 is 0 Å². The molecule has 2 N–H and O–H groups in total. The van der Waals surface area contributed by atoms with Gasteiger partial charge in [-0.1, -0.05) is 0 Å². The van der Waals surface area contributed by atoms with Crippen LogP contribution in [0.15, 0.2) is 30.7 Å². The lowest BCUT2D eigenvalue weighted by atomic mass is 9.87. The minimum Gasteiger partial charge on any atom is -0.481 e. The van der Waals surface area contributed by atoms with Crippen molar-refractivity contribution in [3.8, 4) is 17.1 Å². The van der Waals surface area contributed by atoms with Gasteiger partial charge in [-0.2, -0.15) is 5.10 Å². The van der Waals surface area contributed by atoms with Crippen LogP contribution in [0.4, 0.5) is 16.0 Å². The highest BCUT2D eigenvalue weighted by Crippen LogP contribution is 2.50. The first-order valence-electron chi connectivity index (χ1n) is 13.2. The van der Waals surface area contributed by atoms with E-state index in [1.54, 1.807) is 6.07 Å². The van der Waals surface area contributed by atoms with Gasteiger partial charge >= 0.3 is 0 Å². The van der Waals surface area contributed by atoms with Crippen LogP contribution in [-0.4, -0.2) is 80.2 Å². The summed E-state index contributed by atoms with van der Waals surface area (Å²) in [6, 6.07) is 2.97. The van der Waals surface area contributed by atoms with E-state index in [1.165, 1.54) is 25.6 Å². The zero-order valence-electron chi connectivity index (χ0n) is 21.9. The monoisotopic (exact) mass is 545 g/mol. The summed E-state index contributed by atoms with van der Waals surface area (Å²) in [6.07, 6.45) is 7.71. The molecule has 0 unspecified atom stereocenters. The summed E-state index contributed by atoms with van der Waals surface area (Å²) in [6.45, 7) is 8.83. The predicted molar refractivity (Wildman–Crippen MR) is 141 cm³/mol. The number of methoxy groups -OCH3 is 1. The number of rotatable bonds is 6. The second kappa shape index (κ2) is 10.2. The van der Waals surface area contributed by atoms with E-state index in [-0.39, 0.29) is 46.5 Å². The molecule has 3 aromatic rings. The standard InChI is InChI=1S/C27H28FN9O3/c1-29-18-12-31-26(32-13-18)36-7-4-17(15-36)33-24(38)16-3-8-37(27(11-16)5-6-27)25(39)22-10-21(34-35-22)19-9-23(40-2)30-14-20(19)28/h9-10,12-14,16-17H,3-8,11,15H2,2H3,(H,33,38)(H,34,35)/t16-,17-/m0/s1. The van der Waals surface area contributed by atoms with Gasteiger partial charge in [0.15, 0.2) is 5.82 Å². The Bertz CT molecular complexity index is 1480. The molecule has 0 aromatic carbocycles. The number of carbonyl (C=O) groups excluding carboxylic acids is 2. The van der Waals surface area contributed by atoms with Crippen molar-refractivity contribution >= 4 is 23.5 Å². The minimum absolute atomic E-state index is 0.0120. The molecular weight excluding hydrogens is 517 g/mol. The number of amides is 2. The van der Waals surface area contributed by atoms with Gasteiger partial charge in [0.05, 0.1) is 25.6 Å². The average molecular weight is 546 g/mol. The van der Waals surface area contributed by atoms with Gasteiger partial charge in [0, 0.05) is 61.2 Å². The summed E-state index contributed by atoms with van der Waals surface area (Å²) in [4.78, 5) is 46.2. The number of hydrogen-bond donors (Lipinski definition) is 2. The molecule has 1 spiro atoms. The van der Waals surface area contributed by atoms with Crippen molar-refractivity contribution in [2.24, 2.45) is 5.92 Å². The smallest absolute Gasteiger partial charge is 0.272 e. The fourth-order valence-corrected chi connectivity index (χ4v) is 5.71. The van der Waals surface area contributed by atoms with Crippen LogP contribution in [0.1, 0.15) is 42.6 Å². The molecular formula is C27H28FN9O3. The number of hydrogen-bond acceptors (Lipinski definition) is 8. The third-order valence-electron chi connectivity index (χ3n) is 8.04. The Balaban J connectivity index is 1.07. The lowest BCUT2D eigenvalue weighted by Crippen LogP contribution is -2.52. The fraction of sp³-hybridized carbons (Fsp3) is 0.444. The van der Waals surface area contributed by atoms with Crippen molar-refractivity contribution < 1.29 is 18.7 Å². The van der Waals surface area contributed by atoms with Crippen molar-refractivity contribution in [3.05, 3.63) is 53.7 Å². The fourth-order valence-electron chi connectivity index (χ4n) is 5.71. The number of likely N-dealkylation sites (tertiary alicyclic amines) is 1. The number of ether oxygens (including phenoxy) is 1. The molecule has 12 nitrogen and oxygen atoms in total. The molecule has 13 heteroatoms. The van der Waals surface area contributed by atoms with Gasteiger partial charge in [-0.05, 0) is 38.2 Å². The Morgan fingerprint density at radius 3 is 2.70 bits per heavy atom. The Labute approximate surface area is 229 Å². The van der Waals surface area contributed by atoms with Crippen molar-refractivity contribution in [1.29, 1.82) is 0 Å². The molecule has 1 saturated carbocycles. The van der Waals surface area contributed by atoms with E-state index in [0.29, 0.717) is 43.3 Å². The second-order valence-electron chi connectivity index (χ2n) is 10.5. The van der Waals surface area contributed by atoms with Crippen LogP contribution in [0.3, 0.4) is 0 Å². The van der Waals surface area contributed by atoms with Gasteiger partial charge in [-0.15, -0.1) is 0 Å². The molecule has 2 amide bonds. The van der Waals surface area contributed by atoms with Crippen molar-refractivity contribution in [1.82, 2.24) is 35.4 Å². The number of halogens is 1. The molecule has 0 radical (unpaired) electrons. The van der Waals surface area contributed by atoms with Crippen LogP contribution in [0.25, 0.3) is 16.1 Å². The summed E-state index contributed by atoms with van der Waals surface area (Å²) in [5.41, 5.74) is 0.809. The molecule has 3 aliphatic rings. The highest BCUT2D eigenvalue weighted by Gasteiger charge is 2.54. The number of pyridine rings is 1. The molecule has 2 saturated heterocycles. The van der Waals surface area contributed by atoms with Crippen LogP contribution in [-0.2, 0) is 4.79 Å². The van der Waals surface area contributed by atoms with Gasteiger partial charge in [0.2, 0.25) is 23.4 Å². The van der Waals surface area contributed by atoms with Gasteiger partial charge in [-0.25, -0.2) is 24.2 Å². The number of nitrogens with one attached hydrogen (secondary N) is 2. The zero-order chi connectivity index (χ0) is 27.9. The van der Waals surface area contributed by atoms with E-state index in [2.05, 4.69) is 35.3 Å². The third-order valence-corrected chi connectivity index (χ3v) is 8.04. The number of aromatic nitrogens is 5. The second-order valence-corrected chi connectivity index (χ2v) is 10.5. The maximum absolute atomic E-state index is 14.4. The first kappa shape index (κ1) is 25.7. The van der Waals surface area contributed by atoms with Crippen LogP contribution < -0.4 is 15.0 Å². The third kappa shape index (κ3) is 4.81. The lowest BCUT2D eigenvalue weighted by Gasteiger charge is -2.39. The maximum Gasteiger partial charge on any atom is 0.272 e. The summed E-state index contributed by atoms with van der Waals surface area (Å²) < 4.78 is 19.4. The summed E-state index contributed by atoms with van der Waals surface area (Å²) in [7, 11) is 1.44. The minimum atomic E-state index is -0.562. The van der Waals surface area contributed by atoms with Crippen molar-refractivity contribution in [2.75, 3.05) is 31.6 Å². The van der Waals surface area contributed by atoms with Crippen LogP contribution >= 0.6 is 0 Å². The maximum atomic E-state index is 14.4. The quantitative estimate of drug-likeness (QED) is 0.452. The molecule has 3 fully saturated rings. The van der Waals surface area contributed by atoms with E-state index in [4.69, 9.17) is 11.3 Å². The normalized spacial score (nSPS) is 21.2. The molecule has 6 rings (SSSR count). The zero-order valence-corrected chi connectivity index (χ0v) is 21.9. The summed E-state index contributed by atoms with van der Waals surface area (Å²) >= 11 is 0. The molecule has 1 aliphatic carbocycles. The predicted octanol–water partition coefficient (Wildman–Crippen LogP) is 2.74. The molecule has 5 heterocycles. The van der Waals surface area contributed by atoms with Crippen molar-refractivity contribution in [2.45, 2.75) is 43.7 Å². The average Bonchev–Trinajstić information content (AvgIpc) is 3.35. The number of anilines is 1. The van der Waals surface area contributed by atoms with E-state index in [1.807, 2.05) is 9.80 Å². The van der Waals surface area contributed by atoms with Gasteiger partial charge in [0.25, 0.3) is 5.91 Å². The molecule has 0 bridgehead atoms. The number of carbonyl (C=O) groups is 2. The number of piperidine rings is 1.